The van der Waals surface area contributed by atoms with Gasteiger partial charge in [-0.25, -0.2) is 4.98 Å². The van der Waals surface area contributed by atoms with E-state index in [4.69, 9.17) is 0 Å². The number of likely N-dealkylation sites (N-methyl/N-ethyl adjacent to an activating group) is 1. The first-order chi connectivity index (χ1) is 15.8. The predicted molar refractivity (Wildman–Crippen MR) is 133 cm³/mol. The first-order valence-corrected chi connectivity index (χ1v) is 12.1. The number of amides is 1. The number of aromatic nitrogens is 1. The zero-order valence-electron chi connectivity index (χ0n) is 18.6. The van der Waals surface area contributed by atoms with E-state index in [-0.39, 0.29) is 11.4 Å². The molecule has 0 saturated heterocycles. The fourth-order valence-corrected chi connectivity index (χ4v) is 5.32. The van der Waals surface area contributed by atoms with Crippen molar-refractivity contribution in [2.75, 3.05) is 27.2 Å². The lowest BCUT2D eigenvalue weighted by Crippen LogP contribution is -2.36. The standard InChI is InChI=1S/C25H24BrN3O3S/c1-15-23(33-24(27-15)16-8-5-4-6-9-16)21(30)19-20(17-10-7-11-18(26)14-17)29(13-12-28(2)3)25(32)22(19)31/h4-11,14,20,31H,12-13H2,1-3H3. The Morgan fingerprint density at radius 3 is 2.58 bits per heavy atom. The molecule has 0 fully saturated rings. The summed E-state index contributed by atoms with van der Waals surface area (Å²) in [5.74, 6) is -1.39. The Morgan fingerprint density at radius 2 is 1.91 bits per heavy atom. The molecule has 8 heteroatoms. The van der Waals surface area contributed by atoms with Crippen LogP contribution >= 0.6 is 27.3 Å². The Hall–Kier alpha value is -2.81. The summed E-state index contributed by atoms with van der Waals surface area (Å²) in [4.78, 5) is 35.4. The van der Waals surface area contributed by atoms with E-state index in [1.54, 1.807) is 11.8 Å². The molecule has 0 bridgehead atoms. The maximum atomic E-state index is 13.8. The highest BCUT2D eigenvalue weighted by Gasteiger charge is 2.44. The molecule has 2 aromatic carbocycles. The summed E-state index contributed by atoms with van der Waals surface area (Å²) in [5, 5.41) is 11.6. The minimum Gasteiger partial charge on any atom is -0.503 e. The first kappa shape index (κ1) is 23.4. The van der Waals surface area contributed by atoms with Gasteiger partial charge in [-0.05, 0) is 38.7 Å². The number of Topliss-reactive ketones (excluding diaryl/α,β-unsaturated/α-hetero) is 1. The normalized spacial score (nSPS) is 16.2. The van der Waals surface area contributed by atoms with Gasteiger partial charge in [0.05, 0.1) is 22.2 Å². The second-order valence-electron chi connectivity index (χ2n) is 8.15. The minimum atomic E-state index is -0.677. The van der Waals surface area contributed by atoms with Crippen molar-refractivity contribution in [2.24, 2.45) is 0 Å². The van der Waals surface area contributed by atoms with Crippen LogP contribution in [0, 0.1) is 6.92 Å². The highest BCUT2D eigenvalue weighted by molar-refractivity contribution is 9.10. The van der Waals surface area contributed by atoms with Crippen molar-refractivity contribution < 1.29 is 14.7 Å². The van der Waals surface area contributed by atoms with Crippen LogP contribution in [0.1, 0.15) is 27.0 Å². The molecule has 1 atom stereocenters. The Balaban J connectivity index is 1.78. The Kier molecular flexibility index (Phi) is 6.78. The van der Waals surface area contributed by atoms with Crippen molar-refractivity contribution in [3.8, 4) is 10.6 Å². The van der Waals surface area contributed by atoms with Crippen molar-refractivity contribution in [1.82, 2.24) is 14.8 Å². The Labute approximate surface area is 205 Å². The molecule has 170 valence electrons. The van der Waals surface area contributed by atoms with E-state index in [9.17, 15) is 14.7 Å². The summed E-state index contributed by atoms with van der Waals surface area (Å²) in [6.07, 6.45) is 0. The molecule has 6 nitrogen and oxygen atoms in total. The average Bonchev–Trinajstić information content (AvgIpc) is 3.30. The van der Waals surface area contributed by atoms with E-state index >= 15 is 0 Å². The van der Waals surface area contributed by atoms with Crippen LogP contribution < -0.4 is 0 Å². The second kappa shape index (κ2) is 9.59. The molecule has 1 unspecified atom stereocenters. The fourth-order valence-electron chi connectivity index (χ4n) is 3.88. The monoisotopic (exact) mass is 525 g/mol. The summed E-state index contributed by atoms with van der Waals surface area (Å²) in [7, 11) is 3.83. The van der Waals surface area contributed by atoms with Gasteiger partial charge in [0.1, 0.15) is 5.01 Å². The molecule has 2 heterocycles. The number of aliphatic hydroxyl groups is 1. The number of carbonyl (C=O) groups excluding carboxylic acids is 2. The summed E-state index contributed by atoms with van der Waals surface area (Å²) in [6.45, 7) is 2.76. The van der Waals surface area contributed by atoms with Crippen LogP contribution in [0.4, 0.5) is 0 Å². The van der Waals surface area contributed by atoms with Crippen molar-refractivity contribution in [2.45, 2.75) is 13.0 Å². The largest absolute Gasteiger partial charge is 0.503 e. The third-order valence-corrected chi connectivity index (χ3v) is 7.22. The number of rotatable bonds is 7. The number of benzene rings is 2. The lowest BCUT2D eigenvalue weighted by molar-refractivity contribution is -0.129. The first-order valence-electron chi connectivity index (χ1n) is 10.5. The highest BCUT2D eigenvalue weighted by atomic mass is 79.9. The molecular formula is C25H24BrN3O3S. The number of halogens is 1. The summed E-state index contributed by atoms with van der Waals surface area (Å²) in [5.41, 5.74) is 2.36. The number of thiazole rings is 1. The third kappa shape index (κ3) is 4.64. The molecule has 1 aliphatic rings. The van der Waals surface area contributed by atoms with Gasteiger partial charge in [-0.3, -0.25) is 9.59 Å². The summed E-state index contributed by atoms with van der Waals surface area (Å²) >= 11 is 4.76. The van der Waals surface area contributed by atoms with Gasteiger partial charge in [-0.2, -0.15) is 0 Å². The van der Waals surface area contributed by atoms with Gasteiger partial charge in [-0.1, -0.05) is 58.4 Å². The molecule has 4 rings (SSSR count). The average molecular weight is 526 g/mol. The van der Waals surface area contributed by atoms with Crippen molar-refractivity contribution >= 4 is 39.0 Å². The molecule has 3 aromatic rings. The van der Waals surface area contributed by atoms with E-state index in [1.807, 2.05) is 73.6 Å². The van der Waals surface area contributed by atoms with E-state index in [1.165, 1.54) is 11.3 Å². The number of nitrogens with zero attached hydrogens (tertiary/aromatic N) is 3. The smallest absolute Gasteiger partial charge is 0.290 e. The molecular weight excluding hydrogens is 502 g/mol. The molecule has 1 N–H and O–H groups in total. The van der Waals surface area contributed by atoms with E-state index in [0.717, 1.165) is 20.6 Å². The molecule has 0 radical (unpaired) electrons. The SMILES string of the molecule is Cc1nc(-c2ccccc2)sc1C(=O)C1=C(O)C(=O)N(CCN(C)C)C1c1cccc(Br)c1. The van der Waals surface area contributed by atoms with Crippen LogP contribution in [-0.2, 0) is 4.79 Å². The molecule has 1 aliphatic heterocycles. The molecule has 0 aliphatic carbocycles. The molecule has 1 aromatic heterocycles. The van der Waals surface area contributed by atoms with Crippen molar-refractivity contribution in [3.05, 3.63) is 86.5 Å². The van der Waals surface area contributed by atoms with Gasteiger partial charge < -0.3 is 14.9 Å². The van der Waals surface area contributed by atoms with Gasteiger partial charge in [0.25, 0.3) is 5.91 Å². The van der Waals surface area contributed by atoms with Crippen molar-refractivity contribution in [3.63, 3.8) is 0 Å². The van der Waals surface area contributed by atoms with Gasteiger partial charge >= 0.3 is 0 Å². The predicted octanol–water partition coefficient (Wildman–Crippen LogP) is 5.02. The maximum absolute atomic E-state index is 13.8. The van der Waals surface area contributed by atoms with Gasteiger partial charge in [-0.15, -0.1) is 11.3 Å². The van der Waals surface area contributed by atoms with Crippen LogP contribution in [0.25, 0.3) is 10.6 Å². The highest BCUT2D eigenvalue weighted by Crippen LogP contribution is 2.41. The summed E-state index contributed by atoms with van der Waals surface area (Å²) < 4.78 is 0.832. The Bertz CT molecular complexity index is 1240. The minimum absolute atomic E-state index is 0.100. The van der Waals surface area contributed by atoms with Gasteiger partial charge in [0.15, 0.2) is 5.76 Å². The number of aliphatic hydroxyl groups excluding tert-OH is 1. The number of hydrogen-bond donors (Lipinski definition) is 1. The quantitative estimate of drug-likeness (QED) is 0.438. The van der Waals surface area contributed by atoms with E-state index in [0.29, 0.717) is 23.7 Å². The van der Waals surface area contributed by atoms with Gasteiger partial charge in [0.2, 0.25) is 5.78 Å². The van der Waals surface area contributed by atoms with Crippen LogP contribution in [0.2, 0.25) is 0 Å². The molecule has 0 spiro atoms. The topological polar surface area (TPSA) is 73.7 Å². The number of carbonyl (C=O) groups is 2. The van der Waals surface area contributed by atoms with E-state index < -0.39 is 17.7 Å². The molecule has 0 saturated carbocycles. The zero-order chi connectivity index (χ0) is 23.7. The zero-order valence-corrected chi connectivity index (χ0v) is 21.0. The lowest BCUT2D eigenvalue weighted by atomic mass is 9.95. The second-order valence-corrected chi connectivity index (χ2v) is 10.1. The number of aryl methyl sites for hydroxylation is 1. The number of ketones is 1. The van der Waals surface area contributed by atoms with Gasteiger partial charge in [0, 0.05) is 23.1 Å². The lowest BCUT2D eigenvalue weighted by Gasteiger charge is -2.28. The Morgan fingerprint density at radius 1 is 1.18 bits per heavy atom. The van der Waals surface area contributed by atoms with Crippen LogP contribution in [0.5, 0.6) is 0 Å². The van der Waals surface area contributed by atoms with Crippen molar-refractivity contribution in [1.29, 1.82) is 0 Å². The molecule has 33 heavy (non-hydrogen) atoms. The maximum Gasteiger partial charge on any atom is 0.290 e. The fraction of sp³-hybridized carbons (Fsp3) is 0.240. The van der Waals surface area contributed by atoms with Crippen LogP contribution in [0.3, 0.4) is 0 Å². The number of hydrogen-bond acceptors (Lipinski definition) is 6. The van der Waals surface area contributed by atoms with Crippen LogP contribution in [0.15, 0.2) is 70.4 Å². The molecule has 1 amide bonds. The third-order valence-electron chi connectivity index (χ3n) is 5.52. The van der Waals surface area contributed by atoms with E-state index in [2.05, 4.69) is 20.9 Å². The summed E-state index contributed by atoms with van der Waals surface area (Å²) in [6, 6.07) is 16.5. The van der Waals surface area contributed by atoms with Crippen LogP contribution in [-0.4, -0.2) is 58.8 Å².